The Bertz CT molecular complexity index is 220. The van der Waals surface area contributed by atoms with Gasteiger partial charge in [0.15, 0.2) is 0 Å². The summed E-state index contributed by atoms with van der Waals surface area (Å²) in [5.74, 6) is 0. The van der Waals surface area contributed by atoms with Gasteiger partial charge in [-0.25, -0.2) is 0 Å². The second-order valence-corrected chi connectivity index (χ2v) is 4.84. The molecule has 0 saturated carbocycles. The third kappa shape index (κ3) is 2.98. The Hall–Kier alpha value is -0.540. The summed E-state index contributed by atoms with van der Waals surface area (Å²) in [4.78, 5) is 2.67. The van der Waals surface area contributed by atoms with Crippen LogP contribution in [0, 0.1) is 0 Å². The summed E-state index contributed by atoms with van der Waals surface area (Å²) in [6, 6.07) is 1.54. The number of nitrogens with one attached hydrogen (secondary N) is 1. The van der Waals surface area contributed by atoms with Gasteiger partial charge >= 0.3 is 0 Å². The van der Waals surface area contributed by atoms with Crippen LogP contribution in [0.15, 0.2) is 12.8 Å². The molecule has 0 aromatic rings. The average Bonchev–Trinajstić information content (AvgIpc) is 2.73. The molecule has 2 atom stereocenters. The first-order chi connectivity index (χ1) is 7.92. The maximum absolute atomic E-state index is 5.12. The number of nitrogens with zero attached hydrogens (tertiary/aromatic N) is 1. The lowest BCUT2D eigenvalue weighted by Crippen LogP contribution is -2.45. The molecular weight excluding hydrogens is 200 g/mol. The fourth-order valence-corrected chi connectivity index (χ4v) is 3.01. The number of fused-ring (bicyclic) bond motifs is 1. The fourth-order valence-electron chi connectivity index (χ4n) is 3.01. The summed E-state index contributed by atoms with van der Waals surface area (Å²) in [5.41, 5.74) is 0. The minimum Gasteiger partial charge on any atom is -0.502 e. The molecule has 92 valence electrons. The third-order valence-corrected chi connectivity index (χ3v) is 3.82. The molecule has 2 rings (SSSR count). The van der Waals surface area contributed by atoms with Crippen molar-refractivity contribution in [1.29, 1.82) is 0 Å². The Labute approximate surface area is 98.8 Å². The molecule has 2 aliphatic heterocycles. The molecule has 0 aromatic carbocycles. The van der Waals surface area contributed by atoms with Gasteiger partial charge in [-0.2, -0.15) is 0 Å². The highest BCUT2D eigenvalue weighted by molar-refractivity contribution is 4.93. The van der Waals surface area contributed by atoms with E-state index in [9.17, 15) is 0 Å². The van der Waals surface area contributed by atoms with Crippen LogP contribution in [0.25, 0.3) is 0 Å². The van der Waals surface area contributed by atoms with Gasteiger partial charge in [-0.1, -0.05) is 13.0 Å². The normalized spacial score (nSPS) is 30.0. The first kappa shape index (κ1) is 11.9. The summed E-state index contributed by atoms with van der Waals surface area (Å²) in [7, 11) is 0. The molecule has 0 amide bonds. The van der Waals surface area contributed by atoms with Gasteiger partial charge in [-0.05, 0) is 38.8 Å². The van der Waals surface area contributed by atoms with Gasteiger partial charge in [-0.3, -0.25) is 4.90 Å². The van der Waals surface area contributed by atoms with E-state index in [1.165, 1.54) is 45.0 Å². The Morgan fingerprint density at radius 1 is 1.31 bits per heavy atom. The molecule has 0 radical (unpaired) electrons. The van der Waals surface area contributed by atoms with Gasteiger partial charge in [0.1, 0.15) is 0 Å². The molecule has 2 heterocycles. The maximum Gasteiger partial charge on any atom is 0.0885 e. The van der Waals surface area contributed by atoms with Gasteiger partial charge < -0.3 is 10.1 Å². The minimum atomic E-state index is 0.726. The molecule has 0 aromatic heterocycles. The van der Waals surface area contributed by atoms with E-state index in [0.717, 1.165) is 31.7 Å². The smallest absolute Gasteiger partial charge is 0.0885 e. The molecular formula is C13H24N2O. The highest BCUT2D eigenvalue weighted by Crippen LogP contribution is 2.26. The predicted octanol–water partition coefficient (Wildman–Crippen LogP) is 1.75. The second kappa shape index (κ2) is 6.26. The van der Waals surface area contributed by atoms with Crippen molar-refractivity contribution in [3.63, 3.8) is 0 Å². The highest BCUT2D eigenvalue weighted by Gasteiger charge is 2.34. The van der Waals surface area contributed by atoms with Crippen LogP contribution in [-0.4, -0.2) is 43.2 Å². The van der Waals surface area contributed by atoms with Crippen LogP contribution < -0.4 is 5.32 Å². The predicted molar refractivity (Wildman–Crippen MR) is 66.4 cm³/mol. The molecule has 2 fully saturated rings. The highest BCUT2D eigenvalue weighted by atomic mass is 16.5. The second-order valence-electron chi connectivity index (χ2n) is 4.84. The Kier molecular flexibility index (Phi) is 4.67. The lowest BCUT2D eigenvalue weighted by atomic mass is 9.99. The molecule has 0 spiro atoms. The zero-order valence-electron chi connectivity index (χ0n) is 10.2. The van der Waals surface area contributed by atoms with E-state index < -0.39 is 0 Å². The average molecular weight is 224 g/mol. The lowest BCUT2D eigenvalue weighted by Gasteiger charge is -2.32. The molecule has 0 aliphatic carbocycles. The fraction of sp³-hybridized carbons (Fsp3) is 0.846. The van der Waals surface area contributed by atoms with E-state index in [1.54, 1.807) is 0 Å². The molecule has 2 aliphatic rings. The summed E-state index contributed by atoms with van der Waals surface area (Å²) in [5, 5.41) is 3.68. The largest absolute Gasteiger partial charge is 0.502 e. The third-order valence-electron chi connectivity index (χ3n) is 3.82. The van der Waals surface area contributed by atoms with Crippen molar-refractivity contribution in [2.45, 2.75) is 44.2 Å². The van der Waals surface area contributed by atoms with Crippen LogP contribution >= 0.6 is 0 Å². The van der Waals surface area contributed by atoms with Crippen LogP contribution in [0.2, 0.25) is 0 Å². The first-order valence-corrected chi connectivity index (χ1v) is 6.62. The Morgan fingerprint density at radius 2 is 2.25 bits per heavy atom. The van der Waals surface area contributed by atoms with Crippen molar-refractivity contribution in [3.8, 4) is 0 Å². The SMILES string of the molecule is C=COCCCNC1CCN2CCCCC12. The van der Waals surface area contributed by atoms with Gasteiger partial charge in [-0.15, -0.1) is 0 Å². The van der Waals surface area contributed by atoms with E-state index in [0.29, 0.717) is 0 Å². The standard InChI is InChI=1S/C13H24N2O/c1-2-16-11-5-8-14-12-7-10-15-9-4-3-6-13(12)15/h2,12-14H,1,3-11H2. The summed E-state index contributed by atoms with van der Waals surface area (Å²) < 4.78 is 5.12. The monoisotopic (exact) mass is 224 g/mol. The van der Waals surface area contributed by atoms with Crippen molar-refractivity contribution in [2.75, 3.05) is 26.2 Å². The number of ether oxygens (including phenoxy) is 1. The maximum atomic E-state index is 5.12. The van der Waals surface area contributed by atoms with E-state index in [4.69, 9.17) is 4.74 Å². The van der Waals surface area contributed by atoms with Crippen LogP contribution in [0.1, 0.15) is 32.1 Å². The van der Waals surface area contributed by atoms with Crippen LogP contribution in [-0.2, 0) is 4.74 Å². The van der Waals surface area contributed by atoms with Gasteiger partial charge in [0, 0.05) is 18.6 Å². The molecule has 2 unspecified atom stereocenters. The lowest BCUT2D eigenvalue weighted by molar-refractivity contribution is 0.178. The topological polar surface area (TPSA) is 24.5 Å². The van der Waals surface area contributed by atoms with Gasteiger partial charge in [0.25, 0.3) is 0 Å². The van der Waals surface area contributed by atoms with Crippen molar-refractivity contribution >= 4 is 0 Å². The molecule has 16 heavy (non-hydrogen) atoms. The Morgan fingerprint density at radius 3 is 3.12 bits per heavy atom. The number of hydrogen-bond donors (Lipinski definition) is 1. The van der Waals surface area contributed by atoms with Crippen LogP contribution in [0.5, 0.6) is 0 Å². The number of piperidine rings is 1. The van der Waals surface area contributed by atoms with E-state index in [1.807, 2.05) is 0 Å². The summed E-state index contributed by atoms with van der Waals surface area (Å²) in [6.07, 6.45) is 8.14. The molecule has 1 N–H and O–H groups in total. The Balaban J connectivity index is 1.64. The van der Waals surface area contributed by atoms with Gasteiger partial charge in [0.05, 0.1) is 12.9 Å². The summed E-state index contributed by atoms with van der Waals surface area (Å²) >= 11 is 0. The molecule has 3 heteroatoms. The first-order valence-electron chi connectivity index (χ1n) is 6.62. The van der Waals surface area contributed by atoms with Crippen molar-refractivity contribution in [1.82, 2.24) is 10.2 Å². The van der Waals surface area contributed by atoms with E-state index >= 15 is 0 Å². The zero-order chi connectivity index (χ0) is 11.2. The number of rotatable bonds is 6. The van der Waals surface area contributed by atoms with E-state index in [-0.39, 0.29) is 0 Å². The molecule has 2 saturated heterocycles. The molecule has 0 bridgehead atoms. The van der Waals surface area contributed by atoms with E-state index in [2.05, 4.69) is 16.8 Å². The van der Waals surface area contributed by atoms with Crippen molar-refractivity contribution in [3.05, 3.63) is 12.8 Å². The van der Waals surface area contributed by atoms with Crippen molar-refractivity contribution < 1.29 is 4.74 Å². The van der Waals surface area contributed by atoms with Crippen LogP contribution in [0.3, 0.4) is 0 Å². The minimum absolute atomic E-state index is 0.726. The molecule has 3 nitrogen and oxygen atoms in total. The quantitative estimate of drug-likeness (QED) is 0.549. The van der Waals surface area contributed by atoms with Gasteiger partial charge in [0.2, 0.25) is 0 Å². The van der Waals surface area contributed by atoms with Crippen LogP contribution in [0.4, 0.5) is 0 Å². The van der Waals surface area contributed by atoms with Crippen molar-refractivity contribution in [2.24, 2.45) is 0 Å². The summed E-state index contributed by atoms with van der Waals surface area (Å²) in [6.45, 7) is 8.02. The zero-order valence-corrected chi connectivity index (χ0v) is 10.2. The number of hydrogen-bond acceptors (Lipinski definition) is 3.